The molecule has 0 aliphatic carbocycles. The summed E-state index contributed by atoms with van der Waals surface area (Å²) in [6, 6.07) is 5.65. The number of nitrogens with one attached hydrogen (secondary N) is 1. The van der Waals surface area contributed by atoms with Crippen molar-refractivity contribution in [3.63, 3.8) is 0 Å². The van der Waals surface area contributed by atoms with E-state index in [0.717, 1.165) is 0 Å². The second-order valence-corrected chi connectivity index (χ2v) is 2.70. The van der Waals surface area contributed by atoms with Crippen molar-refractivity contribution < 1.29 is 13.9 Å². The Morgan fingerprint density at radius 3 is 2.46 bits per heavy atom. The van der Waals surface area contributed by atoms with E-state index in [9.17, 15) is 8.78 Å². The summed E-state index contributed by atoms with van der Waals surface area (Å²) in [5, 5.41) is 11.6. The highest BCUT2D eigenvalue weighted by molar-refractivity contribution is 5.42. The zero-order chi connectivity index (χ0) is 9.68. The second kappa shape index (κ2) is 4.77. The highest BCUT2D eigenvalue weighted by Gasteiger charge is 2.01. The number of anilines is 1. The van der Waals surface area contributed by atoms with Crippen molar-refractivity contribution in [3.8, 4) is 0 Å². The van der Waals surface area contributed by atoms with E-state index in [1.165, 1.54) is 24.3 Å². The predicted molar refractivity (Wildman–Crippen MR) is 46.9 cm³/mol. The quantitative estimate of drug-likeness (QED) is 0.749. The molecule has 0 spiro atoms. The third-order valence-corrected chi connectivity index (χ3v) is 1.56. The molecule has 1 aromatic rings. The van der Waals surface area contributed by atoms with Crippen LogP contribution in [0.15, 0.2) is 24.3 Å². The van der Waals surface area contributed by atoms with E-state index in [2.05, 4.69) is 5.32 Å². The Kier molecular flexibility index (Phi) is 3.64. The average molecular weight is 187 g/mol. The molecule has 0 aromatic heterocycles. The van der Waals surface area contributed by atoms with Crippen LogP contribution in [-0.4, -0.2) is 24.4 Å². The summed E-state index contributed by atoms with van der Waals surface area (Å²) in [6.45, 7) is -0.656. The second-order valence-electron chi connectivity index (χ2n) is 2.70. The lowest BCUT2D eigenvalue weighted by Gasteiger charge is -2.08. The van der Waals surface area contributed by atoms with E-state index in [1.807, 2.05) is 0 Å². The van der Waals surface area contributed by atoms with Gasteiger partial charge in [-0.05, 0) is 24.3 Å². The fraction of sp³-hybridized carbons (Fsp3) is 0.333. The normalized spacial score (nSPS) is 12.5. The maximum Gasteiger partial charge on any atom is 0.123 e. The molecule has 1 unspecified atom stereocenters. The van der Waals surface area contributed by atoms with Gasteiger partial charge in [0.25, 0.3) is 0 Å². The van der Waals surface area contributed by atoms with Gasteiger partial charge >= 0.3 is 0 Å². The molecule has 1 aromatic carbocycles. The van der Waals surface area contributed by atoms with E-state index < -0.39 is 12.8 Å². The maximum absolute atomic E-state index is 12.4. The third kappa shape index (κ3) is 3.38. The lowest BCUT2D eigenvalue weighted by atomic mass is 10.3. The van der Waals surface area contributed by atoms with Gasteiger partial charge in [-0.1, -0.05) is 0 Å². The van der Waals surface area contributed by atoms with Crippen molar-refractivity contribution in [2.24, 2.45) is 0 Å². The van der Waals surface area contributed by atoms with Gasteiger partial charge in [0.1, 0.15) is 12.5 Å². The maximum atomic E-state index is 12.4. The Morgan fingerprint density at radius 2 is 1.92 bits per heavy atom. The summed E-state index contributed by atoms with van der Waals surface area (Å²) in [4.78, 5) is 0. The summed E-state index contributed by atoms with van der Waals surface area (Å²) in [6.07, 6.45) is -1.01. The van der Waals surface area contributed by atoms with Crippen LogP contribution in [0.25, 0.3) is 0 Å². The van der Waals surface area contributed by atoms with E-state index in [-0.39, 0.29) is 12.4 Å². The van der Waals surface area contributed by atoms with Gasteiger partial charge < -0.3 is 10.4 Å². The molecule has 1 atom stereocenters. The monoisotopic (exact) mass is 187 g/mol. The van der Waals surface area contributed by atoms with E-state index in [1.54, 1.807) is 0 Å². The Hall–Kier alpha value is -1.16. The van der Waals surface area contributed by atoms with Crippen molar-refractivity contribution in [1.82, 2.24) is 0 Å². The van der Waals surface area contributed by atoms with Gasteiger partial charge in [0.05, 0.1) is 6.10 Å². The zero-order valence-corrected chi connectivity index (χ0v) is 7.00. The average Bonchev–Trinajstić information content (AvgIpc) is 2.16. The van der Waals surface area contributed by atoms with E-state index in [0.29, 0.717) is 5.69 Å². The fourth-order valence-corrected chi connectivity index (χ4v) is 0.858. The first-order valence-electron chi connectivity index (χ1n) is 3.96. The molecule has 0 heterocycles. The number of aliphatic hydroxyl groups excluding tert-OH is 1. The van der Waals surface area contributed by atoms with Gasteiger partial charge in [-0.3, -0.25) is 0 Å². The van der Waals surface area contributed by atoms with Crippen LogP contribution < -0.4 is 5.32 Å². The van der Waals surface area contributed by atoms with Gasteiger partial charge in [0, 0.05) is 12.2 Å². The third-order valence-electron chi connectivity index (χ3n) is 1.56. The molecule has 0 amide bonds. The lowest BCUT2D eigenvalue weighted by Crippen LogP contribution is -2.21. The first-order valence-corrected chi connectivity index (χ1v) is 3.96. The first kappa shape index (κ1) is 9.92. The van der Waals surface area contributed by atoms with Crippen LogP contribution in [-0.2, 0) is 0 Å². The van der Waals surface area contributed by atoms with Crippen molar-refractivity contribution in [3.05, 3.63) is 30.1 Å². The standard InChI is InChI=1S/C9H11F2NO/c10-5-9(13)6-12-8-3-1-7(11)2-4-8/h1-4,9,12-13H,5-6H2. The zero-order valence-electron chi connectivity index (χ0n) is 7.00. The number of aliphatic hydroxyl groups is 1. The SMILES string of the molecule is OC(CF)CNc1ccc(F)cc1. The van der Waals surface area contributed by atoms with E-state index in [4.69, 9.17) is 5.11 Å². The van der Waals surface area contributed by atoms with Crippen LogP contribution in [0.3, 0.4) is 0 Å². The van der Waals surface area contributed by atoms with Crippen molar-refractivity contribution in [2.45, 2.75) is 6.10 Å². The number of rotatable bonds is 4. The Bertz CT molecular complexity index is 250. The minimum Gasteiger partial charge on any atom is -0.389 e. The summed E-state index contributed by atoms with van der Waals surface area (Å²) >= 11 is 0. The van der Waals surface area contributed by atoms with Crippen LogP contribution in [0.2, 0.25) is 0 Å². The van der Waals surface area contributed by atoms with Crippen LogP contribution in [0.4, 0.5) is 14.5 Å². The predicted octanol–water partition coefficient (Wildman–Crippen LogP) is 1.57. The van der Waals surface area contributed by atoms with Gasteiger partial charge in [-0.2, -0.15) is 0 Å². The molecule has 1 rings (SSSR count). The Balaban J connectivity index is 2.41. The minimum atomic E-state index is -1.01. The lowest BCUT2D eigenvalue weighted by molar-refractivity contribution is 0.151. The topological polar surface area (TPSA) is 32.3 Å². The Morgan fingerprint density at radius 1 is 1.31 bits per heavy atom. The molecular weight excluding hydrogens is 176 g/mol. The molecule has 0 bridgehead atoms. The minimum absolute atomic E-state index is 0.127. The Labute approximate surface area is 75.2 Å². The molecule has 0 fully saturated rings. The van der Waals surface area contributed by atoms with Gasteiger partial charge in [0.2, 0.25) is 0 Å². The summed E-state index contributed by atoms with van der Waals surface area (Å²) in [5.74, 6) is -0.323. The molecule has 0 aliphatic heterocycles. The fourth-order valence-electron chi connectivity index (χ4n) is 0.858. The van der Waals surface area contributed by atoms with Gasteiger partial charge in [-0.15, -0.1) is 0 Å². The number of hydrogen-bond donors (Lipinski definition) is 2. The van der Waals surface area contributed by atoms with E-state index >= 15 is 0 Å². The molecule has 0 saturated carbocycles. The molecule has 72 valence electrons. The molecule has 4 heteroatoms. The molecule has 0 saturated heterocycles. The van der Waals surface area contributed by atoms with Crippen molar-refractivity contribution in [1.29, 1.82) is 0 Å². The number of alkyl halides is 1. The van der Waals surface area contributed by atoms with Gasteiger partial charge in [0.15, 0.2) is 0 Å². The smallest absolute Gasteiger partial charge is 0.123 e. The highest BCUT2D eigenvalue weighted by Crippen LogP contribution is 2.07. The summed E-state index contributed by atoms with van der Waals surface area (Å²) in [7, 11) is 0. The molecule has 0 radical (unpaired) electrons. The summed E-state index contributed by atoms with van der Waals surface area (Å²) in [5.41, 5.74) is 0.661. The molecule has 2 nitrogen and oxygen atoms in total. The first-order chi connectivity index (χ1) is 6.22. The molecule has 0 aliphatic rings. The molecule has 13 heavy (non-hydrogen) atoms. The van der Waals surface area contributed by atoms with Crippen LogP contribution in [0.1, 0.15) is 0 Å². The highest BCUT2D eigenvalue weighted by atomic mass is 19.1. The summed E-state index contributed by atoms with van der Waals surface area (Å²) < 4.78 is 24.2. The number of benzene rings is 1. The van der Waals surface area contributed by atoms with Crippen LogP contribution in [0.5, 0.6) is 0 Å². The van der Waals surface area contributed by atoms with Crippen molar-refractivity contribution >= 4 is 5.69 Å². The number of hydrogen-bond acceptors (Lipinski definition) is 2. The molecule has 2 N–H and O–H groups in total. The molecular formula is C9H11F2NO. The van der Waals surface area contributed by atoms with Crippen LogP contribution in [0, 0.1) is 5.82 Å². The van der Waals surface area contributed by atoms with Crippen molar-refractivity contribution in [2.75, 3.05) is 18.5 Å². The largest absolute Gasteiger partial charge is 0.389 e. The number of halogens is 2. The van der Waals surface area contributed by atoms with Crippen LogP contribution >= 0.6 is 0 Å². The van der Waals surface area contributed by atoms with Gasteiger partial charge in [-0.25, -0.2) is 8.78 Å².